The number of hydrogen-bond acceptors (Lipinski definition) is 6. The molecule has 0 aliphatic heterocycles. The van der Waals surface area contributed by atoms with Crippen LogP contribution in [0.2, 0.25) is 0 Å². The van der Waals surface area contributed by atoms with E-state index in [-0.39, 0.29) is 5.97 Å². The SMILES string of the molecule is CCOC(=O)C(C)(C)c1csc(NCCN(C)C)n1. The van der Waals surface area contributed by atoms with Crippen molar-refractivity contribution in [2.75, 3.05) is 39.1 Å². The fourth-order valence-corrected chi connectivity index (χ4v) is 2.35. The third-order valence-electron chi connectivity index (χ3n) is 2.77. The van der Waals surface area contributed by atoms with Crippen LogP contribution in [-0.2, 0) is 14.9 Å². The first-order valence-electron chi connectivity index (χ1n) is 6.39. The molecule has 108 valence electrons. The van der Waals surface area contributed by atoms with Gasteiger partial charge in [0, 0.05) is 18.5 Å². The van der Waals surface area contributed by atoms with Crippen LogP contribution >= 0.6 is 11.3 Å². The number of aromatic nitrogens is 1. The van der Waals surface area contributed by atoms with Crippen LogP contribution in [0.3, 0.4) is 0 Å². The molecule has 0 aliphatic rings. The molecule has 1 rings (SSSR count). The van der Waals surface area contributed by atoms with Gasteiger partial charge in [0.2, 0.25) is 0 Å². The first-order chi connectivity index (χ1) is 8.87. The summed E-state index contributed by atoms with van der Waals surface area (Å²) < 4.78 is 5.08. The van der Waals surface area contributed by atoms with Crippen molar-refractivity contribution in [3.05, 3.63) is 11.1 Å². The van der Waals surface area contributed by atoms with Crippen molar-refractivity contribution in [1.82, 2.24) is 9.88 Å². The predicted molar refractivity (Wildman–Crippen MR) is 78.8 cm³/mol. The first-order valence-corrected chi connectivity index (χ1v) is 7.27. The Hall–Kier alpha value is -1.14. The lowest BCUT2D eigenvalue weighted by Crippen LogP contribution is -2.31. The lowest BCUT2D eigenvalue weighted by Gasteiger charge is -2.19. The summed E-state index contributed by atoms with van der Waals surface area (Å²) in [5.41, 5.74) is 0.0526. The van der Waals surface area contributed by atoms with Crippen LogP contribution in [0.25, 0.3) is 0 Å². The van der Waals surface area contributed by atoms with Crippen LogP contribution in [-0.4, -0.2) is 49.6 Å². The third kappa shape index (κ3) is 4.47. The molecule has 0 saturated heterocycles. The van der Waals surface area contributed by atoms with Crippen LogP contribution < -0.4 is 5.32 Å². The molecule has 1 heterocycles. The van der Waals surface area contributed by atoms with E-state index in [0.717, 1.165) is 23.9 Å². The van der Waals surface area contributed by atoms with Gasteiger partial charge in [0.25, 0.3) is 0 Å². The van der Waals surface area contributed by atoms with E-state index in [1.165, 1.54) is 11.3 Å². The molecule has 0 unspecified atom stereocenters. The lowest BCUT2D eigenvalue weighted by molar-refractivity contribution is -0.148. The van der Waals surface area contributed by atoms with Gasteiger partial charge in [-0.3, -0.25) is 4.79 Å². The van der Waals surface area contributed by atoms with Gasteiger partial charge in [0.15, 0.2) is 5.13 Å². The van der Waals surface area contributed by atoms with Gasteiger partial charge in [-0.2, -0.15) is 0 Å². The molecular weight excluding hydrogens is 262 g/mol. The van der Waals surface area contributed by atoms with Gasteiger partial charge in [-0.1, -0.05) is 0 Å². The quantitative estimate of drug-likeness (QED) is 0.776. The number of rotatable bonds is 7. The minimum Gasteiger partial charge on any atom is -0.465 e. The zero-order valence-electron chi connectivity index (χ0n) is 12.3. The second kappa shape index (κ2) is 6.86. The second-order valence-corrected chi connectivity index (χ2v) is 5.97. The summed E-state index contributed by atoms with van der Waals surface area (Å²) in [4.78, 5) is 18.5. The van der Waals surface area contributed by atoms with E-state index >= 15 is 0 Å². The number of nitrogens with one attached hydrogen (secondary N) is 1. The maximum absolute atomic E-state index is 11.9. The fourth-order valence-electron chi connectivity index (χ4n) is 1.44. The molecule has 1 aromatic heterocycles. The highest BCUT2D eigenvalue weighted by atomic mass is 32.1. The number of nitrogens with zero attached hydrogens (tertiary/aromatic N) is 2. The van der Waals surface area contributed by atoms with Crippen molar-refractivity contribution in [3.63, 3.8) is 0 Å². The van der Waals surface area contributed by atoms with Crippen LogP contribution in [0.5, 0.6) is 0 Å². The molecule has 6 heteroatoms. The maximum Gasteiger partial charge on any atom is 0.317 e. The fraction of sp³-hybridized carbons (Fsp3) is 0.692. The molecule has 5 nitrogen and oxygen atoms in total. The molecule has 0 aromatic carbocycles. The van der Waals surface area contributed by atoms with Gasteiger partial charge in [-0.25, -0.2) is 4.98 Å². The van der Waals surface area contributed by atoms with Gasteiger partial charge < -0.3 is 15.0 Å². The molecule has 1 N–H and O–H groups in total. The summed E-state index contributed by atoms with van der Waals surface area (Å²) >= 11 is 1.52. The summed E-state index contributed by atoms with van der Waals surface area (Å²) in [5, 5.41) is 6.01. The molecule has 0 saturated carbocycles. The maximum atomic E-state index is 11.9. The smallest absolute Gasteiger partial charge is 0.317 e. The largest absolute Gasteiger partial charge is 0.465 e. The zero-order valence-corrected chi connectivity index (χ0v) is 13.1. The predicted octanol–water partition coefficient (Wildman–Crippen LogP) is 1.96. The van der Waals surface area contributed by atoms with Crippen molar-refractivity contribution in [2.45, 2.75) is 26.2 Å². The number of carbonyl (C=O) groups excluding carboxylic acids is 1. The average Bonchev–Trinajstić information content (AvgIpc) is 2.78. The van der Waals surface area contributed by atoms with Crippen LogP contribution in [0.4, 0.5) is 5.13 Å². The van der Waals surface area contributed by atoms with Crippen LogP contribution in [0.1, 0.15) is 26.5 Å². The number of ether oxygens (including phenoxy) is 1. The molecule has 0 atom stereocenters. The molecule has 0 radical (unpaired) electrons. The molecule has 0 amide bonds. The minimum atomic E-state index is -0.700. The van der Waals surface area contributed by atoms with Crippen molar-refractivity contribution >= 4 is 22.4 Å². The Kier molecular flexibility index (Phi) is 5.75. The molecule has 0 spiro atoms. The van der Waals surface area contributed by atoms with Crippen LogP contribution in [0.15, 0.2) is 5.38 Å². The Morgan fingerprint density at radius 1 is 1.53 bits per heavy atom. The standard InChI is InChI=1S/C13H23N3O2S/c1-6-18-11(17)13(2,3)10-9-19-12(15-10)14-7-8-16(4)5/h9H,6-8H2,1-5H3,(H,14,15). The highest BCUT2D eigenvalue weighted by molar-refractivity contribution is 7.13. The summed E-state index contributed by atoms with van der Waals surface area (Å²) in [7, 11) is 4.05. The number of carbonyl (C=O) groups is 1. The Bertz CT molecular complexity index is 416. The van der Waals surface area contributed by atoms with E-state index in [0.29, 0.717) is 6.61 Å². The Balaban J connectivity index is 2.65. The van der Waals surface area contributed by atoms with Gasteiger partial charge in [-0.15, -0.1) is 11.3 Å². The van der Waals surface area contributed by atoms with Gasteiger partial charge >= 0.3 is 5.97 Å². The molecular formula is C13H23N3O2S. The van der Waals surface area contributed by atoms with Gasteiger partial charge in [0.05, 0.1) is 12.3 Å². The number of likely N-dealkylation sites (N-methyl/N-ethyl adjacent to an activating group) is 1. The minimum absolute atomic E-state index is 0.236. The Morgan fingerprint density at radius 2 is 2.21 bits per heavy atom. The van der Waals surface area contributed by atoms with Crippen molar-refractivity contribution in [1.29, 1.82) is 0 Å². The highest BCUT2D eigenvalue weighted by Crippen LogP contribution is 2.28. The molecule has 0 fully saturated rings. The normalized spacial score (nSPS) is 11.7. The summed E-state index contributed by atoms with van der Waals surface area (Å²) in [5.74, 6) is -0.236. The summed E-state index contributed by atoms with van der Waals surface area (Å²) in [6.45, 7) is 7.65. The van der Waals surface area contributed by atoms with E-state index in [9.17, 15) is 4.79 Å². The number of anilines is 1. The van der Waals surface area contributed by atoms with Crippen molar-refractivity contribution in [2.24, 2.45) is 0 Å². The van der Waals surface area contributed by atoms with Crippen molar-refractivity contribution < 1.29 is 9.53 Å². The second-order valence-electron chi connectivity index (χ2n) is 5.11. The summed E-state index contributed by atoms with van der Waals surface area (Å²) in [6, 6.07) is 0. The van der Waals surface area contributed by atoms with E-state index in [1.54, 1.807) is 0 Å². The van der Waals surface area contributed by atoms with E-state index < -0.39 is 5.41 Å². The zero-order chi connectivity index (χ0) is 14.5. The summed E-state index contributed by atoms with van der Waals surface area (Å²) in [6.07, 6.45) is 0. The third-order valence-corrected chi connectivity index (χ3v) is 3.57. The number of hydrogen-bond donors (Lipinski definition) is 1. The Labute approximate surface area is 119 Å². The van der Waals surface area contributed by atoms with Gasteiger partial charge in [0.1, 0.15) is 5.41 Å². The van der Waals surface area contributed by atoms with Crippen LogP contribution in [0, 0.1) is 0 Å². The molecule has 19 heavy (non-hydrogen) atoms. The van der Waals surface area contributed by atoms with E-state index in [1.807, 2.05) is 40.2 Å². The highest BCUT2D eigenvalue weighted by Gasteiger charge is 2.33. The van der Waals surface area contributed by atoms with Crippen molar-refractivity contribution in [3.8, 4) is 0 Å². The first kappa shape index (κ1) is 15.9. The molecule has 0 bridgehead atoms. The lowest BCUT2D eigenvalue weighted by atomic mass is 9.90. The van der Waals surface area contributed by atoms with E-state index in [4.69, 9.17) is 4.74 Å². The average molecular weight is 285 g/mol. The number of esters is 1. The topological polar surface area (TPSA) is 54.5 Å². The van der Waals surface area contributed by atoms with Gasteiger partial charge in [-0.05, 0) is 34.9 Å². The molecule has 0 aliphatic carbocycles. The molecule has 1 aromatic rings. The Morgan fingerprint density at radius 3 is 2.79 bits per heavy atom. The van der Waals surface area contributed by atoms with E-state index in [2.05, 4.69) is 15.2 Å². The monoisotopic (exact) mass is 285 g/mol. The number of thiazole rings is 1.